The number of hydrogen-bond acceptors (Lipinski definition) is 4. The zero-order chi connectivity index (χ0) is 15.9. The second kappa shape index (κ2) is 7.80. The quantitative estimate of drug-likeness (QED) is 0.546. The van der Waals surface area contributed by atoms with E-state index >= 15 is 0 Å². The van der Waals surface area contributed by atoms with Gasteiger partial charge in [-0.2, -0.15) is 0 Å². The Morgan fingerprint density at radius 3 is 2.73 bits per heavy atom. The molecule has 2 rings (SSSR count). The van der Waals surface area contributed by atoms with Crippen molar-refractivity contribution in [1.82, 2.24) is 0 Å². The van der Waals surface area contributed by atoms with Gasteiger partial charge in [0.05, 0.1) is 19.3 Å². The Labute approximate surface area is 135 Å². The summed E-state index contributed by atoms with van der Waals surface area (Å²) in [6.45, 7) is 4.66. The standard InChI is InChI=1S/C18H20O3S/c1-4-11-21-18-10-6-14(20-3)12-16(18)17(19)9-8-15-7-5-13(2)22-15/h5-10,12H,4,11H2,1-3H3/b9-8+. The molecule has 0 aliphatic carbocycles. The molecule has 0 saturated carbocycles. The van der Waals surface area contributed by atoms with E-state index in [2.05, 4.69) is 0 Å². The molecule has 0 fully saturated rings. The van der Waals surface area contributed by atoms with Crippen LogP contribution < -0.4 is 9.47 Å². The molecule has 1 heterocycles. The van der Waals surface area contributed by atoms with E-state index in [-0.39, 0.29) is 5.78 Å². The van der Waals surface area contributed by atoms with Crippen molar-refractivity contribution in [3.05, 3.63) is 51.7 Å². The minimum Gasteiger partial charge on any atom is -0.497 e. The van der Waals surface area contributed by atoms with Crippen molar-refractivity contribution < 1.29 is 14.3 Å². The lowest BCUT2D eigenvalue weighted by atomic mass is 10.1. The molecule has 0 atom stereocenters. The molecule has 0 bridgehead atoms. The maximum Gasteiger partial charge on any atom is 0.189 e. The molecule has 0 N–H and O–H groups in total. The Morgan fingerprint density at radius 1 is 1.27 bits per heavy atom. The fraction of sp³-hybridized carbons (Fsp3) is 0.278. The van der Waals surface area contributed by atoms with Crippen LogP contribution in [0.4, 0.5) is 0 Å². The summed E-state index contributed by atoms with van der Waals surface area (Å²) in [5, 5.41) is 0. The number of allylic oxidation sites excluding steroid dienone is 1. The van der Waals surface area contributed by atoms with E-state index < -0.39 is 0 Å². The van der Waals surface area contributed by atoms with Gasteiger partial charge in [-0.15, -0.1) is 11.3 Å². The summed E-state index contributed by atoms with van der Waals surface area (Å²) in [6, 6.07) is 9.34. The van der Waals surface area contributed by atoms with Gasteiger partial charge >= 0.3 is 0 Å². The topological polar surface area (TPSA) is 35.5 Å². The van der Waals surface area contributed by atoms with Crippen molar-refractivity contribution in [2.75, 3.05) is 13.7 Å². The fourth-order valence-electron chi connectivity index (χ4n) is 1.96. The first-order chi connectivity index (χ1) is 10.6. The molecule has 4 heteroatoms. The molecule has 0 amide bonds. The summed E-state index contributed by atoms with van der Waals surface area (Å²) in [5.74, 6) is 1.16. The molecule has 116 valence electrons. The smallest absolute Gasteiger partial charge is 0.189 e. The highest BCUT2D eigenvalue weighted by atomic mass is 32.1. The first kappa shape index (κ1) is 16.3. The zero-order valence-corrected chi connectivity index (χ0v) is 13.9. The molecule has 0 aliphatic heterocycles. The molecule has 0 aliphatic rings. The van der Waals surface area contributed by atoms with Crippen LogP contribution in [0.1, 0.15) is 33.5 Å². The van der Waals surface area contributed by atoms with Crippen LogP contribution in [0.15, 0.2) is 36.4 Å². The number of rotatable bonds is 7. The van der Waals surface area contributed by atoms with Crippen molar-refractivity contribution in [3.8, 4) is 11.5 Å². The highest BCUT2D eigenvalue weighted by molar-refractivity contribution is 7.12. The summed E-state index contributed by atoms with van der Waals surface area (Å²) < 4.78 is 10.9. The molecular formula is C18H20O3S. The number of ketones is 1. The Hall–Kier alpha value is -2.07. The Balaban J connectivity index is 2.24. The second-order valence-electron chi connectivity index (χ2n) is 4.86. The highest BCUT2D eigenvalue weighted by Crippen LogP contribution is 2.26. The SMILES string of the molecule is CCCOc1ccc(OC)cc1C(=O)/C=C/c1ccc(C)s1. The number of hydrogen-bond donors (Lipinski definition) is 0. The number of aryl methyl sites for hydroxylation is 1. The third-order valence-corrected chi connectivity index (χ3v) is 4.04. The molecule has 1 aromatic carbocycles. The van der Waals surface area contributed by atoms with Gasteiger partial charge in [-0.25, -0.2) is 0 Å². The van der Waals surface area contributed by atoms with Crippen molar-refractivity contribution in [2.45, 2.75) is 20.3 Å². The molecule has 3 nitrogen and oxygen atoms in total. The molecule has 0 saturated heterocycles. The van der Waals surface area contributed by atoms with Crippen molar-refractivity contribution in [3.63, 3.8) is 0 Å². The van der Waals surface area contributed by atoms with Gasteiger partial charge in [0.1, 0.15) is 11.5 Å². The predicted octanol–water partition coefficient (Wildman–Crippen LogP) is 4.75. The van der Waals surface area contributed by atoms with Crippen LogP contribution in [-0.2, 0) is 0 Å². The zero-order valence-electron chi connectivity index (χ0n) is 13.1. The number of carbonyl (C=O) groups excluding carboxylic acids is 1. The summed E-state index contributed by atoms with van der Waals surface area (Å²) in [6.07, 6.45) is 4.31. The third kappa shape index (κ3) is 4.21. The summed E-state index contributed by atoms with van der Waals surface area (Å²) in [5.41, 5.74) is 0.525. The maximum absolute atomic E-state index is 12.5. The monoisotopic (exact) mass is 316 g/mol. The minimum atomic E-state index is -0.0870. The molecule has 0 radical (unpaired) electrons. The first-order valence-electron chi connectivity index (χ1n) is 7.23. The van der Waals surface area contributed by atoms with E-state index in [0.717, 1.165) is 11.3 Å². The Morgan fingerprint density at radius 2 is 2.09 bits per heavy atom. The molecule has 22 heavy (non-hydrogen) atoms. The molecule has 0 spiro atoms. The van der Waals surface area contributed by atoms with E-state index in [1.165, 1.54) is 4.88 Å². The lowest BCUT2D eigenvalue weighted by Crippen LogP contribution is -2.03. The van der Waals surface area contributed by atoms with Crippen molar-refractivity contribution in [1.29, 1.82) is 0 Å². The van der Waals surface area contributed by atoms with Crippen LogP contribution in [0.2, 0.25) is 0 Å². The highest BCUT2D eigenvalue weighted by Gasteiger charge is 2.12. The average Bonchev–Trinajstić information content (AvgIpc) is 2.96. The number of methoxy groups -OCH3 is 1. The second-order valence-corrected chi connectivity index (χ2v) is 6.18. The minimum absolute atomic E-state index is 0.0870. The first-order valence-corrected chi connectivity index (χ1v) is 8.05. The number of thiophene rings is 1. The van der Waals surface area contributed by atoms with Gasteiger partial charge in [0.2, 0.25) is 0 Å². The maximum atomic E-state index is 12.5. The summed E-state index contributed by atoms with van der Waals surface area (Å²) >= 11 is 1.66. The van der Waals surface area contributed by atoms with E-state index in [4.69, 9.17) is 9.47 Å². The van der Waals surface area contributed by atoms with Crippen LogP contribution in [0.3, 0.4) is 0 Å². The van der Waals surface area contributed by atoms with E-state index in [1.807, 2.05) is 32.1 Å². The lowest BCUT2D eigenvalue weighted by Gasteiger charge is -2.10. The van der Waals surface area contributed by atoms with Gasteiger partial charge < -0.3 is 9.47 Å². The summed E-state index contributed by atoms with van der Waals surface area (Å²) in [7, 11) is 1.58. The normalized spacial score (nSPS) is 10.9. The van der Waals surface area contributed by atoms with E-state index in [1.54, 1.807) is 42.7 Å². The Kier molecular flexibility index (Phi) is 5.78. The fourth-order valence-corrected chi connectivity index (χ4v) is 2.74. The van der Waals surface area contributed by atoms with Crippen LogP contribution in [0.5, 0.6) is 11.5 Å². The van der Waals surface area contributed by atoms with Gasteiger partial charge in [-0.3, -0.25) is 4.79 Å². The van der Waals surface area contributed by atoms with Crippen LogP contribution in [0, 0.1) is 6.92 Å². The van der Waals surface area contributed by atoms with Crippen molar-refractivity contribution >= 4 is 23.2 Å². The number of benzene rings is 1. The molecular weight excluding hydrogens is 296 g/mol. The predicted molar refractivity (Wildman–Crippen MR) is 91.2 cm³/mol. The number of ether oxygens (including phenoxy) is 2. The van der Waals surface area contributed by atoms with Crippen LogP contribution >= 0.6 is 11.3 Å². The van der Waals surface area contributed by atoms with E-state index in [0.29, 0.717) is 23.7 Å². The van der Waals surface area contributed by atoms with Crippen molar-refractivity contribution in [2.24, 2.45) is 0 Å². The molecule has 2 aromatic rings. The van der Waals surface area contributed by atoms with Gasteiger partial charge in [0, 0.05) is 9.75 Å². The average molecular weight is 316 g/mol. The van der Waals surface area contributed by atoms with Gasteiger partial charge in [-0.1, -0.05) is 6.92 Å². The van der Waals surface area contributed by atoms with Crippen LogP contribution in [-0.4, -0.2) is 19.5 Å². The molecule has 1 aromatic heterocycles. The van der Waals surface area contributed by atoms with E-state index in [9.17, 15) is 4.79 Å². The Bertz CT molecular complexity index is 671. The van der Waals surface area contributed by atoms with Gasteiger partial charge in [0.15, 0.2) is 5.78 Å². The summed E-state index contributed by atoms with van der Waals surface area (Å²) in [4.78, 5) is 14.7. The van der Waals surface area contributed by atoms with Crippen LogP contribution in [0.25, 0.3) is 6.08 Å². The largest absolute Gasteiger partial charge is 0.497 e. The van der Waals surface area contributed by atoms with Gasteiger partial charge in [0.25, 0.3) is 0 Å². The third-order valence-electron chi connectivity index (χ3n) is 3.07. The molecule has 0 unspecified atom stereocenters. The van der Waals surface area contributed by atoms with Gasteiger partial charge in [-0.05, 0) is 55.8 Å². The lowest BCUT2D eigenvalue weighted by molar-refractivity contribution is 0.104. The number of carbonyl (C=O) groups is 1.